The average Bonchev–Trinajstić information content (AvgIpc) is 2.90. The van der Waals surface area contributed by atoms with Crippen molar-refractivity contribution < 1.29 is 0 Å². The van der Waals surface area contributed by atoms with Crippen molar-refractivity contribution in [2.75, 3.05) is 13.1 Å². The Bertz CT molecular complexity index is 339. The molecule has 0 amide bonds. The highest BCUT2D eigenvalue weighted by Crippen LogP contribution is 2.59. The van der Waals surface area contributed by atoms with Crippen LogP contribution in [0.2, 0.25) is 0 Å². The summed E-state index contributed by atoms with van der Waals surface area (Å²) in [7, 11) is 0. The van der Waals surface area contributed by atoms with Crippen molar-refractivity contribution in [3.05, 3.63) is 0 Å². The van der Waals surface area contributed by atoms with Gasteiger partial charge in [-0.25, -0.2) is 0 Å². The molecule has 4 aliphatic rings. The fourth-order valence-corrected chi connectivity index (χ4v) is 3.44. The fraction of sp³-hybridized carbons (Fsp3) is 0.882. The molecule has 2 saturated carbocycles. The topological polar surface area (TPSA) is 24.7 Å². The molecule has 0 N–H and O–H groups in total. The Hall–Kier alpha value is 0.0400. The Morgan fingerprint density at radius 3 is 1.10 bits per heavy atom. The van der Waals surface area contributed by atoms with Crippen LogP contribution < -0.4 is 0 Å². The maximum absolute atomic E-state index is 4.18. The van der Waals surface area contributed by atoms with Crippen LogP contribution in [0.3, 0.4) is 0 Å². The lowest BCUT2D eigenvalue weighted by atomic mass is 10.1. The van der Waals surface area contributed by atoms with E-state index in [1.165, 1.54) is 0 Å². The van der Waals surface area contributed by atoms with Crippen LogP contribution >= 0.6 is 27.0 Å². The quantitative estimate of drug-likeness (QED) is 0.607. The van der Waals surface area contributed by atoms with Gasteiger partial charge >= 0.3 is 0 Å². The van der Waals surface area contributed by atoms with Gasteiger partial charge in [-0.05, 0) is 22.7 Å². The molecule has 4 heteroatoms. The maximum atomic E-state index is 4.18. The van der Waals surface area contributed by atoms with Gasteiger partial charge in [0.1, 0.15) is 0 Å². The summed E-state index contributed by atoms with van der Waals surface area (Å²) in [5, 5.41) is 0. The molecule has 0 bridgehead atoms. The third-order valence-electron chi connectivity index (χ3n) is 5.41. The average molecular weight is 335 g/mol. The van der Waals surface area contributed by atoms with E-state index in [0.717, 1.165) is 36.8 Å². The Labute approximate surface area is 147 Å². The molecule has 0 aromatic carbocycles. The van der Waals surface area contributed by atoms with E-state index in [1.54, 1.807) is 0 Å². The summed E-state index contributed by atoms with van der Waals surface area (Å²) in [6.45, 7) is 11.5. The molecular weight excluding hydrogens is 296 g/mol. The van der Waals surface area contributed by atoms with Crippen LogP contribution in [-0.2, 0) is 0 Å². The Morgan fingerprint density at radius 2 is 1.00 bits per heavy atom. The van der Waals surface area contributed by atoms with Crippen molar-refractivity contribution >= 4 is 39.4 Å². The zero-order valence-electron chi connectivity index (χ0n) is 11.8. The molecule has 2 aliphatic heterocycles. The molecule has 2 nitrogen and oxygen atoms in total. The monoisotopic (exact) mass is 334 g/mol. The van der Waals surface area contributed by atoms with Gasteiger partial charge in [0.25, 0.3) is 0 Å². The lowest BCUT2D eigenvalue weighted by Gasteiger charge is -2.00. The molecular formula is C17H38N2S2. The van der Waals surface area contributed by atoms with Crippen LogP contribution in [0, 0.1) is 34.5 Å². The van der Waals surface area contributed by atoms with E-state index in [-0.39, 0.29) is 49.3 Å². The maximum Gasteiger partial charge on any atom is 0.0425 e. The van der Waals surface area contributed by atoms with Gasteiger partial charge in [0.2, 0.25) is 0 Å². The van der Waals surface area contributed by atoms with Crippen molar-refractivity contribution in [2.24, 2.45) is 44.5 Å². The zero-order valence-corrected chi connectivity index (χ0v) is 13.8. The standard InChI is InChI=1S/2C7H11N.3CH4.2H2S/c2*1-7(2)5-3-8-4-6(5)7;;;;;/h2*3,5-6H,4H2,1-2H3;3*1H4;2*1H2/t2*5-,6+;;;;;/m10...../s1. The van der Waals surface area contributed by atoms with Crippen LogP contribution in [0.25, 0.3) is 0 Å². The lowest BCUT2D eigenvalue weighted by Crippen LogP contribution is -1.96. The third kappa shape index (κ3) is 4.07. The predicted molar refractivity (Wildman–Crippen MR) is 109 cm³/mol. The van der Waals surface area contributed by atoms with Crippen LogP contribution in [0.1, 0.15) is 50.0 Å². The molecule has 128 valence electrons. The van der Waals surface area contributed by atoms with Crippen molar-refractivity contribution in [2.45, 2.75) is 50.0 Å². The number of rotatable bonds is 0. The molecule has 0 radical (unpaired) electrons. The first-order valence-corrected chi connectivity index (χ1v) is 6.45. The van der Waals surface area contributed by atoms with Gasteiger partial charge in [-0.1, -0.05) is 50.0 Å². The van der Waals surface area contributed by atoms with E-state index in [9.17, 15) is 0 Å². The van der Waals surface area contributed by atoms with Crippen LogP contribution in [0.4, 0.5) is 0 Å². The number of aliphatic imine (C=N–C) groups is 2. The predicted octanol–water partition coefficient (Wildman–Crippen LogP) is 4.82. The van der Waals surface area contributed by atoms with Crippen molar-refractivity contribution in [3.63, 3.8) is 0 Å². The minimum Gasteiger partial charge on any atom is -0.297 e. The summed E-state index contributed by atoms with van der Waals surface area (Å²) >= 11 is 0. The molecule has 2 fully saturated rings. The summed E-state index contributed by atoms with van der Waals surface area (Å²) in [5.41, 5.74) is 1.23. The summed E-state index contributed by atoms with van der Waals surface area (Å²) in [6, 6.07) is 0. The minimum absolute atomic E-state index is 0. The Kier molecular flexibility index (Phi) is 9.95. The number of fused-ring (bicyclic) bond motifs is 2. The molecule has 0 aromatic heterocycles. The van der Waals surface area contributed by atoms with Gasteiger partial charge in [0.15, 0.2) is 0 Å². The van der Waals surface area contributed by atoms with E-state index in [4.69, 9.17) is 0 Å². The van der Waals surface area contributed by atoms with E-state index in [0.29, 0.717) is 10.8 Å². The first-order valence-electron chi connectivity index (χ1n) is 6.45. The summed E-state index contributed by atoms with van der Waals surface area (Å²) < 4.78 is 0. The van der Waals surface area contributed by atoms with Gasteiger partial charge < -0.3 is 0 Å². The second-order valence-electron chi connectivity index (χ2n) is 6.94. The van der Waals surface area contributed by atoms with Gasteiger partial charge in [-0.3, -0.25) is 9.98 Å². The van der Waals surface area contributed by atoms with Crippen LogP contribution in [-0.4, -0.2) is 25.5 Å². The second-order valence-corrected chi connectivity index (χ2v) is 6.94. The molecule has 0 aromatic rings. The molecule has 21 heavy (non-hydrogen) atoms. The smallest absolute Gasteiger partial charge is 0.0425 e. The zero-order chi connectivity index (χ0) is 11.6. The van der Waals surface area contributed by atoms with Gasteiger partial charge in [0.05, 0.1) is 0 Å². The van der Waals surface area contributed by atoms with Gasteiger partial charge in [0, 0.05) is 37.4 Å². The molecule has 0 saturated heterocycles. The normalized spacial score (nSPS) is 35.6. The number of hydrogen-bond acceptors (Lipinski definition) is 2. The van der Waals surface area contributed by atoms with Crippen molar-refractivity contribution in [3.8, 4) is 0 Å². The van der Waals surface area contributed by atoms with E-state index in [1.807, 2.05) is 0 Å². The molecule has 0 unspecified atom stereocenters. The first-order chi connectivity index (χ1) is 7.45. The van der Waals surface area contributed by atoms with Crippen LogP contribution in [0.15, 0.2) is 9.98 Å². The SMILES string of the molecule is C.C.C.CC1(C)[C@@H]2C=NC[C@@H]21.CC1(C)[C@@H]2CN=C[C@@H]21.S.S. The summed E-state index contributed by atoms with van der Waals surface area (Å²) in [6.07, 6.45) is 4.26. The third-order valence-corrected chi connectivity index (χ3v) is 5.41. The highest BCUT2D eigenvalue weighted by Gasteiger charge is 2.59. The largest absolute Gasteiger partial charge is 0.297 e. The molecule has 2 heterocycles. The second kappa shape index (κ2) is 8.05. The van der Waals surface area contributed by atoms with Gasteiger partial charge in [-0.2, -0.15) is 27.0 Å². The molecule has 2 aliphatic carbocycles. The van der Waals surface area contributed by atoms with Crippen molar-refractivity contribution in [1.82, 2.24) is 0 Å². The Balaban J connectivity index is -0.000000249. The van der Waals surface area contributed by atoms with Crippen molar-refractivity contribution in [1.29, 1.82) is 0 Å². The molecule has 4 atom stereocenters. The lowest BCUT2D eigenvalue weighted by molar-refractivity contribution is 0.552. The number of hydrogen-bond donors (Lipinski definition) is 0. The summed E-state index contributed by atoms with van der Waals surface area (Å²) in [5.74, 6) is 3.48. The minimum atomic E-state index is 0. The van der Waals surface area contributed by atoms with E-state index >= 15 is 0 Å². The Morgan fingerprint density at radius 1 is 0.714 bits per heavy atom. The number of nitrogens with zero attached hydrogens (tertiary/aromatic N) is 2. The van der Waals surface area contributed by atoms with Gasteiger partial charge in [-0.15, -0.1) is 0 Å². The first kappa shape index (κ1) is 26.0. The van der Waals surface area contributed by atoms with E-state index in [2.05, 4.69) is 50.1 Å². The summed E-state index contributed by atoms with van der Waals surface area (Å²) in [4.78, 5) is 8.37. The van der Waals surface area contributed by atoms with E-state index < -0.39 is 0 Å². The highest BCUT2D eigenvalue weighted by molar-refractivity contribution is 7.59. The molecule has 0 spiro atoms. The fourth-order valence-electron chi connectivity index (χ4n) is 3.44. The van der Waals surface area contributed by atoms with Crippen LogP contribution in [0.5, 0.6) is 0 Å². The molecule has 4 rings (SSSR count). The highest BCUT2D eigenvalue weighted by atomic mass is 32.1.